The SMILES string of the molecule is CC(C)(C)OC(=O)N([O-])Cc1cc(-c2ccc(C(=O)N3CCN(S(=O)(=O)c4ccc5cc(Cl)ccc5c4)CC3)cc2)ccn1. The number of pyridine rings is 1. The van der Waals surface area contributed by atoms with Crippen molar-refractivity contribution in [2.24, 2.45) is 0 Å². The minimum absolute atomic E-state index is 0.185. The number of hydroxylamine groups is 2. The van der Waals surface area contributed by atoms with Gasteiger partial charge in [-0.15, -0.1) is 0 Å². The lowest BCUT2D eigenvalue weighted by molar-refractivity contribution is 0.0321. The van der Waals surface area contributed by atoms with Gasteiger partial charge in [0.1, 0.15) is 5.60 Å². The zero-order valence-corrected chi connectivity index (χ0v) is 26.1. The van der Waals surface area contributed by atoms with Gasteiger partial charge in [-0.25, -0.2) is 13.2 Å². The maximum absolute atomic E-state index is 13.3. The lowest BCUT2D eigenvalue weighted by Gasteiger charge is -2.34. The van der Waals surface area contributed by atoms with Crippen LogP contribution in [0, 0.1) is 5.21 Å². The van der Waals surface area contributed by atoms with Crippen molar-refractivity contribution in [2.75, 3.05) is 26.2 Å². The van der Waals surface area contributed by atoms with Gasteiger partial charge in [0, 0.05) is 43.0 Å². The fourth-order valence-electron chi connectivity index (χ4n) is 4.89. The molecule has 0 aliphatic carbocycles. The molecule has 1 saturated heterocycles. The number of sulfonamides is 1. The average Bonchev–Trinajstić information content (AvgIpc) is 3.00. The van der Waals surface area contributed by atoms with Crippen molar-refractivity contribution < 1.29 is 22.7 Å². The monoisotopic (exact) mass is 635 g/mol. The van der Waals surface area contributed by atoms with E-state index >= 15 is 0 Å². The molecule has 1 aromatic heterocycles. The third-order valence-electron chi connectivity index (χ3n) is 7.12. The molecule has 44 heavy (non-hydrogen) atoms. The fourth-order valence-corrected chi connectivity index (χ4v) is 6.53. The molecule has 10 nitrogen and oxygen atoms in total. The molecule has 0 atom stereocenters. The number of piperazine rings is 1. The molecule has 0 unspecified atom stereocenters. The molecular weight excluding hydrogens is 604 g/mol. The molecule has 0 N–H and O–H groups in total. The van der Waals surface area contributed by atoms with Gasteiger partial charge in [-0.2, -0.15) is 4.31 Å². The van der Waals surface area contributed by atoms with E-state index in [2.05, 4.69) is 4.98 Å². The highest BCUT2D eigenvalue weighted by atomic mass is 35.5. The predicted molar refractivity (Wildman–Crippen MR) is 168 cm³/mol. The number of halogens is 1. The Kier molecular flexibility index (Phi) is 8.94. The van der Waals surface area contributed by atoms with Crippen molar-refractivity contribution in [1.82, 2.24) is 19.3 Å². The van der Waals surface area contributed by atoms with E-state index < -0.39 is 21.7 Å². The highest BCUT2D eigenvalue weighted by molar-refractivity contribution is 7.89. The molecule has 2 heterocycles. The number of rotatable bonds is 6. The summed E-state index contributed by atoms with van der Waals surface area (Å²) in [7, 11) is -3.73. The molecule has 0 spiro atoms. The Morgan fingerprint density at radius 1 is 0.909 bits per heavy atom. The Labute approximate surface area is 261 Å². The summed E-state index contributed by atoms with van der Waals surface area (Å²) in [6, 6.07) is 20.8. The van der Waals surface area contributed by atoms with Gasteiger partial charge < -0.3 is 19.9 Å². The van der Waals surface area contributed by atoms with E-state index in [-0.39, 0.29) is 48.6 Å². The van der Waals surface area contributed by atoms with Crippen LogP contribution in [0.25, 0.3) is 21.9 Å². The second-order valence-electron chi connectivity index (χ2n) is 11.5. The van der Waals surface area contributed by atoms with Crippen molar-refractivity contribution in [3.8, 4) is 11.1 Å². The largest absolute Gasteiger partial charge is 0.753 e. The first kappa shape index (κ1) is 31.4. The Balaban J connectivity index is 1.20. The summed E-state index contributed by atoms with van der Waals surface area (Å²) in [4.78, 5) is 31.3. The van der Waals surface area contributed by atoms with Crippen LogP contribution in [0.1, 0.15) is 36.8 Å². The molecular formula is C32H32ClN4O6S-. The molecule has 12 heteroatoms. The van der Waals surface area contributed by atoms with Crippen molar-refractivity contribution in [1.29, 1.82) is 0 Å². The van der Waals surface area contributed by atoms with Crippen LogP contribution in [-0.2, 0) is 21.3 Å². The number of carbonyl (C=O) groups is 2. The van der Waals surface area contributed by atoms with Gasteiger partial charge in [0.15, 0.2) is 0 Å². The van der Waals surface area contributed by atoms with Crippen LogP contribution in [0.4, 0.5) is 4.79 Å². The van der Waals surface area contributed by atoms with E-state index in [9.17, 15) is 23.2 Å². The number of hydrogen-bond donors (Lipinski definition) is 0. The Hall–Kier alpha value is -4.03. The number of nitrogens with zero attached hydrogens (tertiary/aromatic N) is 4. The quantitative estimate of drug-likeness (QED) is 0.240. The molecule has 230 valence electrons. The summed E-state index contributed by atoms with van der Waals surface area (Å²) < 4.78 is 33.2. The van der Waals surface area contributed by atoms with Crippen LogP contribution in [0.2, 0.25) is 5.02 Å². The zero-order chi connectivity index (χ0) is 31.6. The van der Waals surface area contributed by atoms with Crippen LogP contribution in [-0.4, -0.2) is 71.5 Å². The summed E-state index contributed by atoms with van der Waals surface area (Å²) in [5, 5.41) is 14.7. The lowest BCUT2D eigenvalue weighted by atomic mass is 10.0. The normalized spacial score (nSPS) is 14.4. The molecule has 3 aromatic carbocycles. The van der Waals surface area contributed by atoms with Gasteiger partial charge >= 0.3 is 6.09 Å². The number of aromatic nitrogens is 1. The van der Waals surface area contributed by atoms with Crippen molar-refractivity contribution in [2.45, 2.75) is 37.8 Å². The molecule has 0 saturated carbocycles. The van der Waals surface area contributed by atoms with E-state index in [1.54, 1.807) is 105 Å². The van der Waals surface area contributed by atoms with Crippen LogP contribution in [0.3, 0.4) is 0 Å². The first-order valence-corrected chi connectivity index (χ1v) is 15.8. The molecule has 5 rings (SSSR count). The highest BCUT2D eigenvalue weighted by Gasteiger charge is 2.30. The first-order valence-electron chi connectivity index (χ1n) is 14.0. The number of ether oxygens (including phenoxy) is 1. The molecule has 0 radical (unpaired) electrons. The Bertz CT molecular complexity index is 1800. The molecule has 1 aliphatic heterocycles. The van der Waals surface area contributed by atoms with Crippen LogP contribution in [0.15, 0.2) is 83.9 Å². The van der Waals surface area contributed by atoms with E-state index in [0.29, 0.717) is 16.3 Å². The van der Waals surface area contributed by atoms with Gasteiger partial charge in [-0.05, 0) is 91.2 Å². The van der Waals surface area contributed by atoms with Gasteiger partial charge in [0.05, 0.1) is 17.1 Å². The number of benzene rings is 3. The number of carbonyl (C=O) groups excluding carboxylic acids is 2. The van der Waals surface area contributed by atoms with Gasteiger partial charge in [-0.1, -0.05) is 35.9 Å². The van der Waals surface area contributed by atoms with Gasteiger partial charge in [-0.3, -0.25) is 9.78 Å². The number of amides is 2. The fraction of sp³-hybridized carbons (Fsp3) is 0.281. The minimum Gasteiger partial charge on any atom is -0.753 e. The summed E-state index contributed by atoms with van der Waals surface area (Å²) in [6.07, 6.45) is 0.568. The summed E-state index contributed by atoms with van der Waals surface area (Å²) in [6.45, 7) is 5.68. The molecule has 2 amide bonds. The molecule has 4 aromatic rings. The molecule has 0 bridgehead atoms. The maximum atomic E-state index is 13.3. The third kappa shape index (κ3) is 7.19. The summed E-state index contributed by atoms with van der Waals surface area (Å²) in [5.41, 5.74) is 1.65. The number of hydrogen-bond acceptors (Lipinski definition) is 7. The lowest BCUT2D eigenvalue weighted by Crippen LogP contribution is -2.50. The topological polar surface area (TPSA) is 123 Å². The van der Waals surface area contributed by atoms with Crippen molar-refractivity contribution >= 4 is 44.4 Å². The van der Waals surface area contributed by atoms with Gasteiger partial charge in [0.25, 0.3) is 5.91 Å². The second kappa shape index (κ2) is 12.5. The van der Waals surface area contributed by atoms with E-state index in [0.717, 1.165) is 21.9 Å². The highest BCUT2D eigenvalue weighted by Crippen LogP contribution is 2.26. The first-order chi connectivity index (χ1) is 20.8. The van der Waals surface area contributed by atoms with Crippen LogP contribution < -0.4 is 0 Å². The van der Waals surface area contributed by atoms with Crippen LogP contribution in [0.5, 0.6) is 0 Å². The predicted octanol–water partition coefficient (Wildman–Crippen LogP) is 5.94. The van der Waals surface area contributed by atoms with E-state index in [4.69, 9.17) is 16.3 Å². The maximum Gasteiger partial charge on any atom is 0.399 e. The minimum atomic E-state index is -3.73. The van der Waals surface area contributed by atoms with Crippen molar-refractivity contribution in [3.05, 3.63) is 100 Å². The second-order valence-corrected chi connectivity index (χ2v) is 13.9. The smallest absolute Gasteiger partial charge is 0.399 e. The summed E-state index contributed by atoms with van der Waals surface area (Å²) >= 11 is 6.05. The van der Waals surface area contributed by atoms with E-state index in [1.165, 1.54) is 4.31 Å². The average molecular weight is 636 g/mol. The third-order valence-corrected chi connectivity index (χ3v) is 9.25. The molecule has 1 fully saturated rings. The van der Waals surface area contributed by atoms with E-state index in [1.807, 2.05) is 0 Å². The number of fused-ring (bicyclic) bond motifs is 1. The Morgan fingerprint density at radius 2 is 1.57 bits per heavy atom. The standard InChI is InChI=1S/C32H32ClN4O6S/c1-32(2,3)43-31(39)37(40)21-28-19-26(12-13-34-28)22-4-6-23(7-5-22)30(38)35-14-16-36(17-15-35)44(41,42)29-11-9-24-18-27(33)10-8-25(24)20-29/h4-13,18-20H,14-17,21H2,1-3H3/q-1. The van der Waals surface area contributed by atoms with Crippen LogP contribution >= 0.6 is 11.6 Å². The Morgan fingerprint density at radius 3 is 2.25 bits per heavy atom. The van der Waals surface area contributed by atoms with Gasteiger partial charge in [0.2, 0.25) is 10.0 Å². The van der Waals surface area contributed by atoms with Crippen molar-refractivity contribution in [3.63, 3.8) is 0 Å². The molecule has 1 aliphatic rings. The summed E-state index contributed by atoms with van der Waals surface area (Å²) in [5.74, 6) is -0.189. The zero-order valence-electron chi connectivity index (χ0n) is 24.6.